The van der Waals surface area contributed by atoms with Crippen molar-refractivity contribution in [1.82, 2.24) is 10.6 Å². The van der Waals surface area contributed by atoms with E-state index in [-0.39, 0.29) is 12.1 Å². The summed E-state index contributed by atoms with van der Waals surface area (Å²) in [7, 11) is 0. The zero-order chi connectivity index (χ0) is 12.8. The van der Waals surface area contributed by atoms with Gasteiger partial charge < -0.3 is 10.6 Å². The van der Waals surface area contributed by atoms with Gasteiger partial charge in [-0.25, -0.2) is 4.79 Å². The van der Waals surface area contributed by atoms with Gasteiger partial charge in [0.2, 0.25) is 0 Å². The van der Waals surface area contributed by atoms with Gasteiger partial charge in [-0.05, 0) is 18.4 Å². The molecule has 0 spiro atoms. The van der Waals surface area contributed by atoms with E-state index in [1.165, 1.54) is 0 Å². The minimum atomic E-state index is -0.154. The Balaban J connectivity index is 1.71. The van der Waals surface area contributed by atoms with Crippen molar-refractivity contribution in [3.63, 3.8) is 0 Å². The smallest absolute Gasteiger partial charge is 0.315 e. The van der Waals surface area contributed by atoms with Gasteiger partial charge in [0.25, 0.3) is 0 Å². The summed E-state index contributed by atoms with van der Waals surface area (Å²) < 4.78 is 0. The molecule has 2 rings (SSSR count). The second-order valence-corrected chi connectivity index (χ2v) is 4.63. The third kappa shape index (κ3) is 3.87. The molecular formula is C14H18N2O2. The summed E-state index contributed by atoms with van der Waals surface area (Å²) in [5.74, 6) is 0.303. The molecule has 0 saturated heterocycles. The molecule has 2 amide bonds. The summed E-state index contributed by atoms with van der Waals surface area (Å²) in [5.41, 5.74) is 1.08. The van der Waals surface area contributed by atoms with Crippen LogP contribution in [0.3, 0.4) is 0 Å². The van der Waals surface area contributed by atoms with Crippen LogP contribution in [0.25, 0.3) is 0 Å². The van der Waals surface area contributed by atoms with Crippen molar-refractivity contribution in [3.05, 3.63) is 35.9 Å². The van der Waals surface area contributed by atoms with Crippen molar-refractivity contribution in [2.45, 2.75) is 38.3 Å². The summed E-state index contributed by atoms with van der Waals surface area (Å²) in [6.45, 7) is 0.526. The predicted molar refractivity (Wildman–Crippen MR) is 69.1 cm³/mol. The lowest BCUT2D eigenvalue weighted by molar-refractivity contribution is -0.120. The summed E-state index contributed by atoms with van der Waals surface area (Å²) in [5, 5.41) is 5.73. The quantitative estimate of drug-likeness (QED) is 0.857. The Morgan fingerprint density at radius 2 is 1.83 bits per heavy atom. The molecule has 0 aliphatic heterocycles. The van der Waals surface area contributed by atoms with Crippen LogP contribution in [0.4, 0.5) is 4.79 Å². The minimum Gasteiger partial charge on any atom is -0.335 e. The highest BCUT2D eigenvalue weighted by molar-refractivity contribution is 5.80. The van der Waals surface area contributed by atoms with Crippen LogP contribution in [-0.2, 0) is 11.3 Å². The molecule has 1 fully saturated rings. The highest BCUT2D eigenvalue weighted by atomic mass is 16.2. The second kappa shape index (κ2) is 6.19. The molecule has 0 heterocycles. The van der Waals surface area contributed by atoms with Crippen LogP contribution in [0.1, 0.15) is 31.2 Å². The Bertz CT molecular complexity index is 407. The Kier molecular flexibility index (Phi) is 4.34. The lowest BCUT2D eigenvalue weighted by Crippen LogP contribution is -2.43. The number of rotatable bonds is 3. The predicted octanol–water partition coefficient (Wildman–Crippen LogP) is 2.00. The van der Waals surface area contributed by atoms with E-state index in [0.29, 0.717) is 25.2 Å². The maximum absolute atomic E-state index is 11.7. The zero-order valence-corrected chi connectivity index (χ0v) is 10.3. The van der Waals surface area contributed by atoms with E-state index in [0.717, 1.165) is 18.4 Å². The molecule has 0 radical (unpaired) electrons. The fourth-order valence-corrected chi connectivity index (χ4v) is 2.10. The molecule has 1 aromatic rings. The summed E-state index contributed by atoms with van der Waals surface area (Å²) in [4.78, 5) is 22.7. The van der Waals surface area contributed by atoms with E-state index >= 15 is 0 Å². The molecule has 1 aliphatic carbocycles. The first kappa shape index (κ1) is 12.6. The average molecular weight is 246 g/mol. The molecule has 4 heteroatoms. The van der Waals surface area contributed by atoms with Crippen LogP contribution in [0, 0.1) is 0 Å². The maximum atomic E-state index is 11.7. The lowest BCUT2D eigenvalue weighted by Gasteiger charge is -2.22. The van der Waals surface area contributed by atoms with Gasteiger partial charge in [0.05, 0.1) is 0 Å². The molecule has 96 valence electrons. The van der Waals surface area contributed by atoms with E-state index in [2.05, 4.69) is 10.6 Å². The highest BCUT2D eigenvalue weighted by Gasteiger charge is 2.19. The van der Waals surface area contributed by atoms with E-state index in [4.69, 9.17) is 0 Å². The number of hydrogen-bond donors (Lipinski definition) is 2. The molecule has 0 unspecified atom stereocenters. The molecule has 0 aromatic heterocycles. The van der Waals surface area contributed by atoms with E-state index in [1.54, 1.807) is 0 Å². The summed E-state index contributed by atoms with van der Waals surface area (Å²) in [6.07, 6.45) is 2.70. The lowest BCUT2D eigenvalue weighted by atomic mass is 9.94. The normalized spacial score (nSPS) is 16.3. The van der Waals surface area contributed by atoms with Gasteiger partial charge >= 0.3 is 6.03 Å². The fourth-order valence-electron chi connectivity index (χ4n) is 2.10. The zero-order valence-electron chi connectivity index (χ0n) is 10.3. The molecule has 1 aliphatic rings. The Labute approximate surface area is 107 Å². The molecule has 18 heavy (non-hydrogen) atoms. The minimum absolute atomic E-state index is 0.137. The van der Waals surface area contributed by atoms with Crippen LogP contribution in [0.15, 0.2) is 30.3 Å². The van der Waals surface area contributed by atoms with Crippen LogP contribution < -0.4 is 10.6 Å². The number of hydrogen-bond acceptors (Lipinski definition) is 2. The fraction of sp³-hybridized carbons (Fsp3) is 0.429. The van der Waals surface area contributed by atoms with Gasteiger partial charge in [0.1, 0.15) is 5.78 Å². The number of ketones is 1. The van der Waals surface area contributed by atoms with Crippen molar-refractivity contribution in [1.29, 1.82) is 0 Å². The van der Waals surface area contributed by atoms with Gasteiger partial charge in [0.15, 0.2) is 0 Å². The van der Waals surface area contributed by atoms with Crippen molar-refractivity contribution in [2.24, 2.45) is 0 Å². The number of amides is 2. The molecule has 0 atom stereocenters. The third-order valence-electron chi connectivity index (χ3n) is 3.17. The van der Waals surface area contributed by atoms with Crippen LogP contribution in [-0.4, -0.2) is 17.9 Å². The van der Waals surface area contributed by atoms with Gasteiger partial charge in [0, 0.05) is 25.4 Å². The Morgan fingerprint density at radius 1 is 1.17 bits per heavy atom. The topological polar surface area (TPSA) is 58.2 Å². The number of carbonyl (C=O) groups excluding carboxylic acids is 2. The largest absolute Gasteiger partial charge is 0.335 e. The molecule has 0 bridgehead atoms. The number of nitrogens with one attached hydrogen (secondary N) is 2. The second-order valence-electron chi connectivity index (χ2n) is 4.63. The Morgan fingerprint density at radius 3 is 2.50 bits per heavy atom. The van der Waals surface area contributed by atoms with E-state index in [9.17, 15) is 9.59 Å². The van der Waals surface area contributed by atoms with Crippen LogP contribution in [0.2, 0.25) is 0 Å². The standard InChI is InChI=1S/C14H18N2O2/c17-13-8-6-12(7-9-13)16-14(18)15-10-11-4-2-1-3-5-11/h1-5,12H,6-10H2,(H2,15,16,18). The first-order chi connectivity index (χ1) is 8.74. The first-order valence-electron chi connectivity index (χ1n) is 6.34. The maximum Gasteiger partial charge on any atom is 0.315 e. The average Bonchev–Trinajstić information content (AvgIpc) is 2.40. The van der Waals surface area contributed by atoms with E-state index in [1.807, 2.05) is 30.3 Å². The SMILES string of the molecule is O=C1CCC(NC(=O)NCc2ccccc2)CC1. The highest BCUT2D eigenvalue weighted by Crippen LogP contribution is 2.14. The molecule has 1 saturated carbocycles. The van der Waals surface area contributed by atoms with Crippen molar-refractivity contribution >= 4 is 11.8 Å². The molecular weight excluding hydrogens is 228 g/mol. The van der Waals surface area contributed by atoms with Crippen molar-refractivity contribution in [2.75, 3.05) is 0 Å². The number of urea groups is 1. The van der Waals surface area contributed by atoms with Crippen LogP contribution in [0.5, 0.6) is 0 Å². The summed E-state index contributed by atoms with van der Waals surface area (Å²) >= 11 is 0. The molecule has 1 aromatic carbocycles. The van der Waals surface area contributed by atoms with Crippen molar-refractivity contribution in [3.8, 4) is 0 Å². The Hall–Kier alpha value is -1.84. The number of carbonyl (C=O) groups is 2. The molecule has 4 nitrogen and oxygen atoms in total. The van der Waals surface area contributed by atoms with Crippen molar-refractivity contribution < 1.29 is 9.59 Å². The third-order valence-corrected chi connectivity index (χ3v) is 3.17. The molecule has 2 N–H and O–H groups in total. The van der Waals surface area contributed by atoms with Crippen LogP contribution >= 0.6 is 0 Å². The number of benzene rings is 1. The van der Waals surface area contributed by atoms with E-state index < -0.39 is 0 Å². The van der Waals surface area contributed by atoms with Gasteiger partial charge in [-0.3, -0.25) is 4.79 Å². The summed E-state index contributed by atoms with van der Waals surface area (Å²) in [6, 6.07) is 9.77. The van der Waals surface area contributed by atoms with Gasteiger partial charge in [-0.2, -0.15) is 0 Å². The van der Waals surface area contributed by atoms with Gasteiger partial charge in [-0.1, -0.05) is 30.3 Å². The van der Waals surface area contributed by atoms with Gasteiger partial charge in [-0.15, -0.1) is 0 Å². The number of Topliss-reactive ketones (excluding diaryl/α,β-unsaturated/α-hetero) is 1. The first-order valence-corrected chi connectivity index (χ1v) is 6.34. The monoisotopic (exact) mass is 246 g/mol.